The average molecular weight is 283 g/mol. The Balaban J connectivity index is 2.15. The molecule has 1 fully saturated rings. The lowest BCUT2D eigenvalue weighted by atomic mass is 9.77. The van der Waals surface area contributed by atoms with Crippen LogP contribution in [-0.4, -0.2) is 11.4 Å². The molecule has 86 valence electrons. The maximum atomic E-state index is 11.9. The van der Waals surface area contributed by atoms with Gasteiger partial charge in [0.15, 0.2) is 0 Å². The molecule has 16 heavy (non-hydrogen) atoms. The van der Waals surface area contributed by atoms with Crippen molar-refractivity contribution in [3.8, 4) is 0 Å². The molecule has 1 aromatic carbocycles. The van der Waals surface area contributed by atoms with Crippen LogP contribution in [0.1, 0.15) is 24.8 Å². The molecule has 0 radical (unpaired) electrons. The Morgan fingerprint density at radius 2 is 2.19 bits per heavy atom. The number of rotatable bonds is 2. The first kappa shape index (κ1) is 11.6. The third-order valence-corrected chi connectivity index (χ3v) is 4.19. The van der Waals surface area contributed by atoms with Gasteiger partial charge in [0.2, 0.25) is 5.91 Å². The lowest BCUT2D eigenvalue weighted by Crippen LogP contribution is -2.56. The largest absolute Gasteiger partial charge is 0.323 e. The minimum Gasteiger partial charge on any atom is -0.323 e. The molecule has 2 rings (SSSR count). The van der Waals surface area contributed by atoms with E-state index in [4.69, 9.17) is 5.73 Å². The number of nitrogens with one attached hydrogen (secondary N) is 1. The van der Waals surface area contributed by atoms with Gasteiger partial charge in [-0.3, -0.25) is 4.79 Å². The summed E-state index contributed by atoms with van der Waals surface area (Å²) < 4.78 is 0.922. The number of halogens is 1. The van der Waals surface area contributed by atoms with E-state index in [0.29, 0.717) is 0 Å². The van der Waals surface area contributed by atoms with Crippen LogP contribution in [-0.2, 0) is 4.79 Å². The summed E-state index contributed by atoms with van der Waals surface area (Å²) in [5, 5.41) is 2.88. The van der Waals surface area contributed by atoms with Crippen LogP contribution >= 0.6 is 15.9 Å². The summed E-state index contributed by atoms with van der Waals surface area (Å²) in [4.78, 5) is 11.9. The van der Waals surface area contributed by atoms with Crippen LogP contribution in [0.2, 0.25) is 0 Å². The van der Waals surface area contributed by atoms with Gasteiger partial charge >= 0.3 is 0 Å². The highest BCUT2D eigenvalue weighted by atomic mass is 79.9. The second kappa shape index (κ2) is 4.18. The lowest BCUT2D eigenvalue weighted by molar-refractivity contribution is -0.123. The molecule has 1 aromatic rings. The van der Waals surface area contributed by atoms with E-state index in [1.807, 2.05) is 25.1 Å². The second-order valence-electron chi connectivity index (χ2n) is 4.40. The van der Waals surface area contributed by atoms with Gasteiger partial charge in [-0.15, -0.1) is 0 Å². The Kier molecular flexibility index (Phi) is 3.04. The number of hydrogen-bond acceptors (Lipinski definition) is 2. The standard InChI is InChI=1S/C12H15BrN2O/c1-8-4-2-5-9(10(8)13)15-11(16)12(14)6-3-7-12/h2,4-5H,3,6-7,14H2,1H3,(H,15,16). The van der Waals surface area contributed by atoms with Crippen molar-refractivity contribution in [1.29, 1.82) is 0 Å². The van der Waals surface area contributed by atoms with Gasteiger partial charge in [0.25, 0.3) is 0 Å². The molecule has 4 heteroatoms. The lowest BCUT2D eigenvalue weighted by Gasteiger charge is -2.36. The van der Waals surface area contributed by atoms with Crippen molar-refractivity contribution in [2.45, 2.75) is 31.7 Å². The summed E-state index contributed by atoms with van der Waals surface area (Å²) in [5.74, 6) is -0.0787. The van der Waals surface area contributed by atoms with E-state index in [2.05, 4.69) is 21.2 Å². The number of aryl methyl sites for hydroxylation is 1. The molecule has 1 aliphatic rings. The van der Waals surface area contributed by atoms with Crippen LogP contribution in [0, 0.1) is 6.92 Å². The van der Waals surface area contributed by atoms with E-state index in [0.717, 1.165) is 35.0 Å². The molecular weight excluding hydrogens is 268 g/mol. The van der Waals surface area contributed by atoms with Gasteiger partial charge in [0.1, 0.15) is 0 Å². The molecule has 0 atom stereocenters. The van der Waals surface area contributed by atoms with Crippen LogP contribution in [0.15, 0.2) is 22.7 Å². The third kappa shape index (κ3) is 1.99. The maximum Gasteiger partial charge on any atom is 0.244 e. The Morgan fingerprint density at radius 3 is 2.75 bits per heavy atom. The Hall–Kier alpha value is -0.870. The topological polar surface area (TPSA) is 55.1 Å². The van der Waals surface area contributed by atoms with Crippen LogP contribution < -0.4 is 11.1 Å². The number of carbonyl (C=O) groups excluding carboxylic acids is 1. The van der Waals surface area contributed by atoms with Crippen molar-refractivity contribution in [3.05, 3.63) is 28.2 Å². The number of amides is 1. The van der Waals surface area contributed by atoms with E-state index < -0.39 is 5.54 Å². The summed E-state index contributed by atoms with van der Waals surface area (Å²) in [7, 11) is 0. The first-order chi connectivity index (χ1) is 7.53. The molecule has 1 amide bonds. The number of nitrogens with two attached hydrogens (primary N) is 1. The maximum absolute atomic E-state index is 11.9. The van der Waals surface area contributed by atoms with Gasteiger partial charge < -0.3 is 11.1 Å². The van der Waals surface area contributed by atoms with Gasteiger partial charge in [-0.2, -0.15) is 0 Å². The first-order valence-corrected chi connectivity index (χ1v) is 6.18. The highest BCUT2D eigenvalue weighted by molar-refractivity contribution is 9.10. The minimum absolute atomic E-state index is 0.0787. The zero-order valence-electron chi connectivity index (χ0n) is 9.22. The van der Waals surface area contributed by atoms with Gasteiger partial charge in [-0.1, -0.05) is 12.1 Å². The van der Waals surface area contributed by atoms with Gasteiger partial charge in [-0.05, 0) is 53.7 Å². The molecule has 1 aliphatic carbocycles. The van der Waals surface area contributed by atoms with Crippen molar-refractivity contribution < 1.29 is 4.79 Å². The SMILES string of the molecule is Cc1cccc(NC(=O)C2(N)CCC2)c1Br. The fraction of sp³-hybridized carbons (Fsp3) is 0.417. The molecule has 0 aromatic heterocycles. The molecule has 3 nitrogen and oxygen atoms in total. The third-order valence-electron chi connectivity index (χ3n) is 3.14. The summed E-state index contributed by atoms with van der Waals surface area (Å²) in [5.41, 5.74) is 7.19. The van der Waals surface area contributed by atoms with Crippen LogP contribution in [0.4, 0.5) is 5.69 Å². The van der Waals surface area contributed by atoms with Crippen molar-refractivity contribution in [1.82, 2.24) is 0 Å². The van der Waals surface area contributed by atoms with Crippen molar-refractivity contribution in [2.75, 3.05) is 5.32 Å². The second-order valence-corrected chi connectivity index (χ2v) is 5.19. The zero-order chi connectivity index (χ0) is 11.8. The molecule has 0 spiro atoms. The normalized spacial score (nSPS) is 17.7. The van der Waals surface area contributed by atoms with Crippen molar-refractivity contribution in [2.24, 2.45) is 5.73 Å². The number of hydrogen-bond donors (Lipinski definition) is 2. The Labute approximate surface area is 104 Å². The van der Waals surface area contributed by atoms with E-state index >= 15 is 0 Å². The fourth-order valence-electron chi connectivity index (χ4n) is 1.78. The summed E-state index contributed by atoms with van der Waals surface area (Å²) in [6.07, 6.45) is 2.60. The highest BCUT2D eigenvalue weighted by Gasteiger charge is 2.40. The molecule has 1 saturated carbocycles. The van der Waals surface area contributed by atoms with Crippen LogP contribution in [0.25, 0.3) is 0 Å². The van der Waals surface area contributed by atoms with Gasteiger partial charge in [-0.25, -0.2) is 0 Å². The number of benzene rings is 1. The molecule has 0 unspecified atom stereocenters. The summed E-state index contributed by atoms with van der Waals surface area (Å²) in [6, 6.07) is 5.78. The molecule has 3 N–H and O–H groups in total. The molecule has 0 saturated heterocycles. The monoisotopic (exact) mass is 282 g/mol. The molecule has 0 bridgehead atoms. The highest BCUT2D eigenvalue weighted by Crippen LogP contribution is 2.32. The number of carbonyl (C=O) groups is 1. The Bertz CT molecular complexity index is 427. The molecular formula is C12H15BrN2O. The van der Waals surface area contributed by atoms with Gasteiger partial charge in [0.05, 0.1) is 11.2 Å². The summed E-state index contributed by atoms with van der Waals surface area (Å²) >= 11 is 3.46. The van der Waals surface area contributed by atoms with Crippen molar-refractivity contribution in [3.63, 3.8) is 0 Å². The first-order valence-electron chi connectivity index (χ1n) is 5.38. The predicted octanol–water partition coefficient (Wildman–Crippen LogP) is 2.58. The smallest absolute Gasteiger partial charge is 0.244 e. The van der Waals surface area contributed by atoms with E-state index in [1.165, 1.54) is 0 Å². The quantitative estimate of drug-likeness (QED) is 0.876. The predicted molar refractivity (Wildman–Crippen MR) is 68.3 cm³/mol. The molecule has 0 heterocycles. The van der Waals surface area contributed by atoms with E-state index in [9.17, 15) is 4.79 Å². The minimum atomic E-state index is -0.650. The fourth-order valence-corrected chi connectivity index (χ4v) is 2.14. The summed E-state index contributed by atoms with van der Waals surface area (Å²) in [6.45, 7) is 1.99. The molecule has 0 aliphatic heterocycles. The van der Waals surface area contributed by atoms with E-state index in [1.54, 1.807) is 0 Å². The van der Waals surface area contributed by atoms with Crippen LogP contribution in [0.5, 0.6) is 0 Å². The number of anilines is 1. The van der Waals surface area contributed by atoms with Crippen molar-refractivity contribution >= 4 is 27.5 Å². The van der Waals surface area contributed by atoms with E-state index in [-0.39, 0.29) is 5.91 Å². The van der Waals surface area contributed by atoms with Crippen LogP contribution in [0.3, 0.4) is 0 Å². The zero-order valence-corrected chi connectivity index (χ0v) is 10.8. The Morgan fingerprint density at radius 1 is 1.50 bits per heavy atom. The average Bonchev–Trinajstić information content (AvgIpc) is 2.21. The van der Waals surface area contributed by atoms with Gasteiger partial charge in [0, 0.05) is 4.47 Å².